The molecule has 1 heterocycles. The number of methoxy groups -OCH3 is 2. The molecule has 0 unspecified atom stereocenters. The van der Waals surface area contributed by atoms with E-state index in [2.05, 4.69) is 19.6 Å². The van der Waals surface area contributed by atoms with Gasteiger partial charge >= 0.3 is 0 Å². The molecule has 2 amide bonds. The van der Waals surface area contributed by atoms with E-state index in [1.54, 1.807) is 36.5 Å². The summed E-state index contributed by atoms with van der Waals surface area (Å²) in [5.41, 5.74) is 2.22. The first kappa shape index (κ1) is 25.5. The maximum atomic E-state index is 13.3. The van der Waals surface area contributed by atoms with E-state index in [0.29, 0.717) is 44.0 Å². The van der Waals surface area contributed by atoms with E-state index in [1.165, 1.54) is 5.56 Å². The van der Waals surface area contributed by atoms with Crippen molar-refractivity contribution >= 4 is 23.2 Å². The van der Waals surface area contributed by atoms with Gasteiger partial charge in [-0.3, -0.25) is 9.59 Å². The number of rotatable bonds is 13. The number of benzene rings is 1. The Morgan fingerprint density at radius 1 is 1.09 bits per heavy atom. The van der Waals surface area contributed by atoms with Gasteiger partial charge in [0.05, 0.1) is 20.8 Å². The number of nitrogens with zero attached hydrogens (tertiary/aromatic N) is 2. The minimum Gasteiger partial charge on any atom is -0.493 e. The van der Waals surface area contributed by atoms with E-state index in [0.717, 1.165) is 16.9 Å². The number of ether oxygens (including phenoxy) is 2. The summed E-state index contributed by atoms with van der Waals surface area (Å²) in [7, 11) is 3.22. The summed E-state index contributed by atoms with van der Waals surface area (Å²) >= 11 is 1.64. The number of hydrogen-bond acceptors (Lipinski definition) is 5. The fourth-order valence-electron chi connectivity index (χ4n) is 3.38. The Labute approximate surface area is 195 Å². The Morgan fingerprint density at radius 3 is 2.44 bits per heavy atom. The van der Waals surface area contributed by atoms with E-state index >= 15 is 0 Å². The summed E-state index contributed by atoms with van der Waals surface area (Å²) in [6.45, 7) is 9.24. The summed E-state index contributed by atoms with van der Waals surface area (Å²) in [4.78, 5) is 30.3. The molecule has 0 saturated heterocycles. The van der Waals surface area contributed by atoms with Gasteiger partial charge in [0.25, 0.3) is 0 Å². The van der Waals surface area contributed by atoms with Crippen LogP contribution in [0.2, 0.25) is 0 Å². The molecule has 0 spiro atoms. The second-order valence-electron chi connectivity index (χ2n) is 7.59. The standard InChI is InChI=1S/C25H34N2O4S/c1-6-8-24(28)26(13-7-2)18-25(29)27(17-23-19(3)12-15-32-23)14-11-20-9-10-21(30-4)22(16-20)31-5/h7,9-10,12,15-16H,2,6,8,11,13-14,17-18H2,1,3-5H3. The summed E-state index contributed by atoms with van der Waals surface area (Å²) in [5, 5.41) is 2.04. The highest BCUT2D eigenvalue weighted by Gasteiger charge is 2.21. The third-order valence-electron chi connectivity index (χ3n) is 5.27. The lowest BCUT2D eigenvalue weighted by Crippen LogP contribution is -2.43. The largest absolute Gasteiger partial charge is 0.493 e. The van der Waals surface area contributed by atoms with Gasteiger partial charge in [0.15, 0.2) is 11.5 Å². The van der Waals surface area contributed by atoms with Gasteiger partial charge in [-0.25, -0.2) is 0 Å². The quantitative estimate of drug-likeness (QED) is 0.416. The molecule has 174 valence electrons. The van der Waals surface area contributed by atoms with Gasteiger partial charge in [0.1, 0.15) is 6.54 Å². The van der Waals surface area contributed by atoms with Crippen molar-refractivity contribution in [2.45, 2.75) is 39.7 Å². The molecule has 0 aliphatic rings. The molecule has 0 aliphatic carbocycles. The summed E-state index contributed by atoms with van der Waals surface area (Å²) in [6.07, 6.45) is 3.51. The van der Waals surface area contributed by atoms with Crippen LogP contribution < -0.4 is 9.47 Å². The molecule has 0 atom stereocenters. The van der Waals surface area contributed by atoms with Crippen molar-refractivity contribution in [2.24, 2.45) is 0 Å². The van der Waals surface area contributed by atoms with Crippen molar-refractivity contribution in [3.8, 4) is 11.5 Å². The van der Waals surface area contributed by atoms with Crippen LogP contribution in [0.25, 0.3) is 0 Å². The number of hydrogen-bond donors (Lipinski definition) is 0. The van der Waals surface area contributed by atoms with Crippen LogP contribution in [0.15, 0.2) is 42.3 Å². The molecule has 32 heavy (non-hydrogen) atoms. The third kappa shape index (κ3) is 7.12. The SMILES string of the molecule is C=CCN(CC(=O)N(CCc1ccc(OC)c(OC)c1)Cc1sccc1C)C(=O)CCC. The molecule has 2 aromatic rings. The first-order chi connectivity index (χ1) is 15.4. The number of aryl methyl sites for hydroxylation is 1. The molecule has 0 fully saturated rings. The third-order valence-corrected chi connectivity index (χ3v) is 6.27. The lowest BCUT2D eigenvalue weighted by Gasteiger charge is -2.27. The maximum Gasteiger partial charge on any atom is 0.242 e. The lowest BCUT2D eigenvalue weighted by molar-refractivity contribution is -0.140. The summed E-state index contributed by atoms with van der Waals surface area (Å²) in [5.74, 6) is 1.25. The van der Waals surface area contributed by atoms with Crippen LogP contribution in [0.4, 0.5) is 0 Å². The van der Waals surface area contributed by atoms with Gasteiger partial charge in [-0.15, -0.1) is 17.9 Å². The van der Waals surface area contributed by atoms with Crippen molar-refractivity contribution < 1.29 is 19.1 Å². The van der Waals surface area contributed by atoms with Crippen molar-refractivity contribution in [1.82, 2.24) is 9.80 Å². The van der Waals surface area contributed by atoms with E-state index in [9.17, 15) is 9.59 Å². The van der Waals surface area contributed by atoms with Crippen molar-refractivity contribution in [3.63, 3.8) is 0 Å². The first-order valence-electron chi connectivity index (χ1n) is 10.8. The van der Waals surface area contributed by atoms with Crippen LogP contribution in [0, 0.1) is 6.92 Å². The zero-order valence-electron chi connectivity index (χ0n) is 19.6. The normalized spacial score (nSPS) is 10.5. The average molecular weight is 459 g/mol. The average Bonchev–Trinajstić information content (AvgIpc) is 3.20. The van der Waals surface area contributed by atoms with Gasteiger partial charge in [-0.1, -0.05) is 19.1 Å². The second-order valence-corrected chi connectivity index (χ2v) is 8.60. The molecule has 1 aromatic heterocycles. The Balaban J connectivity index is 2.18. The first-order valence-corrected chi connectivity index (χ1v) is 11.7. The Kier molecular flexibility index (Phi) is 10.3. The zero-order chi connectivity index (χ0) is 23.5. The Bertz CT molecular complexity index is 909. The molecular weight excluding hydrogens is 424 g/mol. The molecule has 7 heteroatoms. The number of amides is 2. The van der Waals surface area contributed by atoms with Crippen molar-refractivity contribution in [2.75, 3.05) is 33.9 Å². The zero-order valence-corrected chi connectivity index (χ0v) is 20.4. The van der Waals surface area contributed by atoms with Gasteiger partial charge in [-0.05, 0) is 54.5 Å². The maximum absolute atomic E-state index is 13.3. The summed E-state index contributed by atoms with van der Waals surface area (Å²) in [6, 6.07) is 7.85. The highest BCUT2D eigenvalue weighted by Crippen LogP contribution is 2.28. The van der Waals surface area contributed by atoms with Crippen LogP contribution in [-0.4, -0.2) is 55.5 Å². The molecule has 0 saturated carbocycles. The fraction of sp³-hybridized carbons (Fsp3) is 0.440. The minimum atomic E-state index is -0.0652. The Morgan fingerprint density at radius 2 is 1.84 bits per heavy atom. The van der Waals surface area contributed by atoms with E-state index < -0.39 is 0 Å². The molecule has 2 rings (SSSR count). The second kappa shape index (κ2) is 12.9. The predicted octanol–water partition coefficient (Wildman–Crippen LogP) is 4.46. The molecule has 0 aliphatic heterocycles. The Hall–Kier alpha value is -2.80. The number of carbonyl (C=O) groups excluding carboxylic acids is 2. The van der Waals surface area contributed by atoms with E-state index in [4.69, 9.17) is 9.47 Å². The van der Waals surface area contributed by atoms with Crippen molar-refractivity contribution in [1.29, 1.82) is 0 Å². The molecular formula is C25H34N2O4S. The van der Waals surface area contributed by atoms with Gasteiger partial charge in [-0.2, -0.15) is 0 Å². The van der Waals surface area contributed by atoms with E-state index in [1.807, 2.05) is 35.4 Å². The topological polar surface area (TPSA) is 59.1 Å². The smallest absolute Gasteiger partial charge is 0.242 e. The van der Waals surface area contributed by atoms with Crippen LogP contribution in [0.1, 0.15) is 35.8 Å². The van der Waals surface area contributed by atoms with Crippen molar-refractivity contribution in [3.05, 3.63) is 58.3 Å². The number of carbonyl (C=O) groups is 2. The van der Waals surface area contributed by atoms with Gasteiger partial charge in [0.2, 0.25) is 11.8 Å². The molecule has 6 nitrogen and oxygen atoms in total. The molecule has 1 aromatic carbocycles. The summed E-state index contributed by atoms with van der Waals surface area (Å²) < 4.78 is 10.7. The predicted molar refractivity (Wildman–Crippen MR) is 129 cm³/mol. The van der Waals surface area contributed by atoms with Gasteiger partial charge in [0, 0.05) is 24.4 Å². The van der Waals surface area contributed by atoms with Crippen LogP contribution in [0.3, 0.4) is 0 Å². The van der Waals surface area contributed by atoms with Gasteiger partial charge < -0.3 is 19.3 Å². The molecule has 0 radical (unpaired) electrons. The van der Waals surface area contributed by atoms with Crippen LogP contribution in [-0.2, 0) is 22.6 Å². The molecule has 0 bridgehead atoms. The highest BCUT2D eigenvalue weighted by atomic mass is 32.1. The fourth-order valence-corrected chi connectivity index (χ4v) is 4.30. The molecule has 0 N–H and O–H groups in total. The van der Waals surface area contributed by atoms with E-state index in [-0.39, 0.29) is 18.4 Å². The monoisotopic (exact) mass is 458 g/mol. The van der Waals surface area contributed by atoms with Crippen LogP contribution in [0.5, 0.6) is 11.5 Å². The van der Waals surface area contributed by atoms with Crippen LogP contribution >= 0.6 is 11.3 Å². The lowest BCUT2D eigenvalue weighted by atomic mass is 10.1. The number of thiophene rings is 1. The minimum absolute atomic E-state index is 0.0205. The highest BCUT2D eigenvalue weighted by molar-refractivity contribution is 7.10.